The van der Waals surface area contributed by atoms with Crippen LogP contribution in [0.1, 0.15) is 17.0 Å². The van der Waals surface area contributed by atoms with Crippen molar-refractivity contribution in [2.24, 2.45) is 5.73 Å². The standard InChI is InChI=1S/C14H15ClN2/c15-14-6-2-1-5-13(14)12(9-16)8-11-4-3-7-17-10-11/h1-7,10,12H,8-9,16H2. The van der Waals surface area contributed by atoms with Gasteiger partial charge in [-0.1, -0.05) is 35.9 Å². The van der Waals surface area contributed by atoms with E-state index in [0.29, 0.717) is 6.54 Å². The lowest BCUT2D eigenvalue weighted by atomic mass is 9.93. The quantitative estimate of drug-likeness (QED) is 0.901. The topological polar surface area (TPSA) is 38.9 Å². The lowest BCUT2D eigenvalue weighted by Gasteiger charge is -2.16. The largest absolute Gasteiger partial charge is 0.330 e. The molecule has 0 saturated carbocycles. The minimum atomic E-state index is 0.243. The van der Waals surface area contributed by atoms with E-state index >= 15 is 0 Å². The fourth-order valence-corrected chi connectivity index (χ4v) is 2.22. The third kappa shape index (κ3) is 3.05. The first-order chi connectivity index (χ1) is 8.31. The van der Waals surface area contributed by atoms with Gasteiger partial charge in [0.15, 0.2) is 0 Å². The summed E-state index contributed by atoms with van der Waals surface area (Å²) in [6.45, 7) is 0.582. The van der Waals surface area contributed by atoms with Crippen LogP contribution >= 0.6 is 11.6 Å². The molecule has 17 heavy (non-hydrogen) atoms. The molecule has 1 unspecified atom stereocenters. The second kappa shape index (κ2) is 5.80. The van der Waals surface area contributed by atoms with Gasteiger partial charge in [0.2, 0.25) is 0 Å². The van der Waals surface area contributed by atoms with Gasteiger partial charge in [-0.15, -0.1) is 0 Å². The predicted octanol–water partition coefficient (Wildman–Crippen LogP) is 3.02. The SMILES string of the molecule is NCC(Cc1cccnc1)c1ccccc1Cl. The van der Waals surface area contributed by atoms with Crippen LogP contribution in [0.3, 0.4) is 0 Å². The Kier molecular flexibility index (Phi) is 4.13. The maximum atomic E-state index is 6.19. The van der Waals surface area contributed by atoms with Crippen molar-refractivity contribution < 1.29 is 0 Å². The number of aromatic nitrogens is 1. The predicted molar refractivity (Wildman–Crippen MR) is 71.2 cm³/mol. The van der Waals surface area contributed by atoms with Gasteiger partial charge in [-0.05, 0) is 36.2 Å². The molecular weight excluding hydrogens is 232 g/mol. The summed E-state index contributed by atoms with van der Waals surface area (Å²) < 4.78 is 0. The number of hydrogen-bond donors (Lipinski definition) is 1. The van der Waals surface area contributed by atoms with Gasteiger partial charge in [-0.3, -0.25) is 4.98 Å². The summed E-state index contributed by atoms with van der Waals surface area (Å²) in [5.74, 6) is 0.243. The van der Waals surface area contributed by atoms with Crippen LogP contribution in [0, 0.1) is 0 Å². The Morgan fingerprint density at radius 3 is 2.65 bits per heavy atom. The summed E-state index contributed by atoms with van der Waals surface area (Å²) in [6.07, 6.45) is 4.52. The van der Waals surface area contributed by atoms with Crippen LogP contribution in [0.25, 0.3) is 0 Å². The molecule has 0 fully saturated rings. The zero-order valence-electron chi connectivity index (χ0n) is 9.51. The first kappa shape index (κ1) is 12.1. The monoisotopic (exact) mass is 246 g/mol. The van der Waals surface area contributed by atoms with Crippen LogP contribution in [0.15, 0.2) is 48.8 Å². The van der Waals surface area contributed by atoms with Crippen molar-refractivity contribution in [2.45, 2.75) is 12.3 Å². The van der Waals surface area contributed by atoms with Gasteiger partial charge < -0.3 is 5.73 Å². The van der Waals surface area contributed by atoms with Crippen LogP contribution in [0.4, 0.5) is 0 Å². The molecule has 0 amide bonds. The number of halogens is 1. The van der Waals surface area contributed by atoms with Crippen molar-refractivity contribution in [3.05, 3.63) is 64.9 Å². The van der Waals surface area contributed by atoms with E-state index in [9.17, 15) is 0 Å². The first-order valence-corrected chi connectivity index (χ1v) is 6.02. The van der Waals surface area contributed by atoms with E-state index in [-0.39, 0.29) is 5.92 Å². The first-order valence-electron chi connectivity index (χ1n) is 5.64. The molecule has 0 aliphatic rings. The number of benzene rings is 1. The minimum absolute atomic E-state index is 0.243. The summed E-state index contributed by atoms with van der Waals surface area (Å²) >= 11 is 6.19. The second-order valence-electron chi connectivity index (χ2n) is 4.02. The summed E-state index contributed by atoms with van der Waals surface area (Å²) in [5.41, 5.74) is 8.14. The molecule has 0 spiro atoms. The second-order valence-corrected chi connectivity index (χ2v) is 4.43. The van der Waals surface area contributed by atoms with Crippen molar-refractivity contribution in [1.82, 2.24) is 4.98 Å². The van der Waals surface area contributed by atoms with Crippen molar-refractivity contribution in [1.29, 1.82) is 0 Å². The number of pyridine rings is 1. The Hall–Kier alpha value is -1.38. The molecule has 0 radical (unpaired) electrons. The van der Waals surface area contributed by atoms with E-state index in [2.05, 4.69) is 11.1 Å². The van der Waals surface area contributed by atoms with E-state index in [1.807, 2.05) is 36.5 Å². The third-order valence-electron chi connectivity index (χ3n) is 2.83. The molecule has 2 nitrogen and oxygen atoms in total. The van der Waals surface area contributed by atoms with Crippen LogP contribution < -0.4 is 5.73 Å². The molecule has 0 bridgehead atoms. The molecule has 1 aromatic heterocycles. The van der Waals surface area contributed by atoms with Crippen LogP contribution in [0.2, 0.25) is 5.02 Å². The highest BCUT2D eigenvalue weighted by Crippen LogP contribution is 2.26. The van der Waals surface area contributed by atoms with E-state index in [1.54, 1.807) is 6.20 Å². The fraction of sp³-hybridized carbons (Fsp3) is 0.214. The van der Waals surface area contributed by atoms with Crippen LogP contribution in [0.5, 0.6) is 0 Å². The maximum absolute atomic E-state index is 6.19. The van der Waals surface area contributed by atoms with Crippen molar-refractivity contribution in [3.63, 3.8) is 0 Å². The van der Waals surface area contributed by atoms with Gasteiger partial charge in [-0.25, -0.2) is 0 Å². The highest BCUT2D eigenvalue weighted by atomic mass is 35.5. The lowest BCUT2D eigenvalue weighted by Crippen LogP contribution is -2.15. The molecule has 1 heterocycles. The van der Waals surface area contributed by atoms with Crippen LogP contribution in [-0.2, 0) is 6.42 Å². The number of rotatable bonds is 4. The zero-order chi connectivity index (χ0) is 12.1. The van der Waals surface area contributed by atoms with E-state index in [0.717, 1.165) is 17.0 Å². The summed E-state index contributed by atoms with van der Waals surface area (Å²) in [4.78, 5) is 4.11. The smallest absolute Gasteiger partial charge is 0.0441 e. The van der Waals surface area contributed by atoms with Gasteiger partial charge in [-0.2, -0.15) is 0 Å². The summed E-state index contributed by atoms with van der Waals surface area (Å²) in [6, 6.07) is 11.9. The number of nitrogens with two attached hydrogens (primary N) is 1. The van der Waals surface area contributed by atoms with Gasteiger partial charge >= 0.3 is 0 Å². The van der Waals surface area contributed by atoms with Crippen molar-refractivity contribution in [3.8, 4) is 0 Å². The highest BCUT2D eigenvalue weighted by molar-refractivity contribution is 6.31. The van der Waals surface area contributed by atoms with Gasteiger partial charge in [0.25, 0.3) is 0 Å². The van der Waals surface area contributed by atoms with E-state index in [1.165, 1.54) is 5.56 Å². The van der Waals surface area contributed by atoms with E-state index < -0.39 is 0 Å². The highest BCUT2D eigenvalue weighted by Gasteiger charge is 2.13. The molecular formula is C14H15ClN2. The third-order valence-corrected chi connectivity index (χ3v) is 3.18. The van der Waals surface area contributed by atoms with Crippen molar-refractivity contribution >= 4 is 11.6 Å². The molecule has 3 heteroatoms. The average Bonchev–Trinajstić information content (AvgIpc) is 2.38. The molecule has 0 aliphatic heterocycles. The Morgan fingerprint density at radius 1 is 1.18 bits per heavy atom. The number of hydrogen-bond acceptors (Lipinski definition) is 2. The molecule has 0 aliphatic carbocycles. The molecule has 0 saturated heterocycles. The Balaban J connectivity index is 2.21. The fourth-order valence-electron chi connectivity index (χ4n) is 1.93. The Morgan fingerprint density at radius 2 is 2.00 bits per heavy atom. The molecule has 2 rings (SSSR count). The van der Waals surface area contributed by atoms with Gasteiger partial charge in [0, 0.05) is 23.3 Å². The Labute approximate surface area is 106 Å². The minimum Gasteiger partial charge on any atom is -0.330 e. The molecule has 1 atom stereocenters. The average molecular weight is 247 g/mol. The maximum Gasteiger partial charge on any atom is 0.0441 e. The van der Waals surface area contributed by atoms with Crippen LogP contribution in [-0.4, -0.2) is 11.5 Å². The van der Waals surface area contributed by atoms with E-state index in [4.69, 9.17) is 17.3 Å². The zero-order valence-corrected chi connectivity index (χ0v) is 10.3. The van der Waals surface area contributed by atoms with Crippen molar-refractivity contribution in [2.75, 3.05) is 6.54 Å². The molecule has 2 aromatic rings. The molecule has 1 aromatic carbocycles. The number of nitrogens with zero attached hydrogens (tertiary/aromatic N) is 1. The lowest BCUT2D eigenvalue weighted by molar-refractivity contribution is 0.693. The molecule has 2 N–H and O–H groups in total. The molecule has 88 valence electrons. The summed E-state index contributed by atoms with van der Waals surface area (Å²) in [7, 11) is 0. The summed E-state index contributed by atoms with van der Waals surface area (Å²) in [5, 5.41) is 0.784. The van der Waals surface area contributed by atoms with Gasteiger partial charge in [0.1, 0.15) is 0 Å². The normalized spacial score (nSPS) is 12.4. The Bertz CT molecular complexity index is 471. The van der Waals surface area contributed by atoms with Gasteiger partial charge in [0.05, 0.1) is 0 Å².